The van der Waals surface area contributed by atoms with Crippen LogP contribution in [-0.2, 0) is 9.53 Å². The van der Waals surface area contributed by atoms with Crippen molar-refractivity contribution in [1.29, 1.82) is 0 Å². The number of β-lactam (4-membered cyclic amide) rings is 1. The van der Waals surface area contributed by atoms with Crippen LogP contribution in [0.3, 0.4) is 0 Å². The monoisotopic (exact) mass is 226 g/mol. The maximum atomic E-state index is 11.8. The van der Waals surface area contributed by atoms with Gasteiger partial charge in [0.25, 0.3) is 0 Å². The van der Waals surface area contributed by atoms with Gasteiger partial charge in [0.1, 0.15) is 5.60 Å². The maximum Gasteiger partial charge on any atom is 0.410 e. The standard InChI is InChI=1S/C11H18N2O3/c1-10(2,3)16-9(15)13-5-4-11(7-13)6-12-8(11)14/h4-7H2,1-3H3,(H,12,14). The molecule has 90 valence electrons. The van der Waals surface area contributed by atoms with Crippen LogP contribution < -0.4 is 5.32 Å². The molecule has 0 aromatic heterocycles. The van der Waals surface area contributed by atoms with Crippen molar-refractivity contribution < 1.29 is 14.3 Å². The molecular formula is C11H18N2O3. The quantitative estimate of drug-likeness (QED) is 0.620. The van der Waals surface area contributed by atoms with E-state index in [-0.39, 0.29) is 17.4 Å². The van der Waals surface area contributed by atoms with Gasteiger partial charge in [0.05, 0.1) is 5.41 Å². The van der Waals surface area contributed by atoms with Crippen molar-refractivity contribution in [1.82, 2.24) is 10.2 Å². The minimum atomic E-state index is -0.477. The molecule has 2 heterocycles. The van der Waals surface area contributed by atoms with Gasteiger partial charge in [-0.05, 0) is 27.2 Å². The second-order valence-corrected chi connectivity index (χ2v) is 5.61. The first-order valence-electron chi connectivity index (χ1n) is 5.59. The Bertz CT molecular complexity index is 335. The van der Waals surface area contributed by atoms with Gasteiger partial charge in [-0.15, -0.1) is 0 Å². The molecule has 0 bridgehead atoms. The van der Waals surface area contributed by atoms with E-state index in [1.165, 1.54) is 0 Å². The molecule has 16 heavy (non-hydrogen) atoms. The molecule has 1 spiro atoms. The lowest BCUT2D eigenvalue weighted by Gasteiger charge is -2.37. The third-order valence-corrected chi connectivity index (χ3v) is 3.07. The number of nitrogens with zero attached hydrogens (tertiary/aromatic N) is 1. The Morgan fingerprint density at radius 2 is 2.19 bits per heavy atom. The van der Waals surface area contributed by atoms with Crippen molar-refractivity contribution >= 4 is 12.0 Å². The van der Waals surface area contributed by atoms with Gasteiger partial charge >= 0.3 is 6.09 Å². The predicted molar refractivity (Wildman–Crippen MR) is 57.9 cm³/mol. The zero-order valence-electron chi connectivity index (χ0n) is 10.0. The van der Waals surface area contributed by atoms with Crippen molar-refractivity contribution in [3.63, 3.8) is 0 Å². The van der Waals surface area contributed by atoms with Gasteiger partial charge in [-0.1, -0.05) is 0 Å². The van der Waals surface area contributed by atoms with E-state index < -0.39 is 5.60 Å². The van der Waals surface area contributed by atoms with Crippen molar-refractivity contribution in [3.8, 4) is 0 Å². The molecule has 0 aromatic carbocycles. The topological polar surface area (TPSA) is 58.6 Å². The number of nitrogens with one attached hydrogen (secondary N) is 1. The summed E-state index contributed by atoms with van der Waals surface area (Å²) in [4.78, 5) is 24.8. The molecule has 2 rings (SSSR count). The Morgan fingerprint density at radius 3 is 2.56 bits per heavy atom. The van der Waals surface area contributed by atoms with Crippen LogP contribution >= 0.6 is 0 Å². The van der Waals surface area contributed by atoms with Crippen LogP contribution in [0.25, 0.3) is 0 Å². The third-order valence-electron chi connectivity index (χ3n) is 3.07. The highest BCUT2D eigenvalue weighted by Crippen LogP contribution is 2.35. The molecule has 2 amide bonds. The fourth-order valence-corrected chi connectivity index (χ4v) is 2.09. The molecule has 1 atom stereocenters. The van der Waals surface area contributed by atoms with E-state index in [1.54, 1.807) is 4.90 Å². The molecule has 0 saturated carbocycles. The third kappa shape index (κ3) is 1.86. The Kier molecular flexibility index (Phi) is 2.36. The summed E-state index contributed by atoms with van der Waals surface area (Å²) in [6, 6.07) is 0. The number of likely N-dealkylation sites (tertiary alicyclic amines) is 1. The average Bonchev–Trinajstić information content (AvgIpc) is 2.59. The highest BCUT2D eigenvalue weighted by molar-refractivity contribution is 5.90. The second-order valence-electron chi connectivity index (χ2n) is 5.61. The van der Waals surface area contributed by atoms with Crippen LogP contribution in [0.1, 0.15) is 27.2 Å². The molecule has 1 unspecified atom stereocenters. The molecule has 5 heteroatoms. The predicted octanol–water partition coefficient (Wildman–Crippen LogP) is 0.743. The summed E-state index contributed by atoms with van der Waals surface area (Å²) in [7, 11) is 0. The summed E-state index contributed by atoms with van der Waals surface area (Å²) < 4.78 is 5.27. The number of hydrogen-bond acceptors (Lipinski definition) is 3. The van der Waals surface area contributed by atoms with Crippen LogP contribution in [0.2, 0.25) is 0 Å². The summed E-state index contributed by atoms with van der Waals surface area (Å²) >= 11 is 0. The van der Waals surface area contributed by atoms with Gasteiger partial charge < -0.3 is 15.0 Å². The van der Waals surface area contributed by atoms with Gasteiger partial charge in [0.2, 0.25) is 5.91 Å². The van der Waals surface area contributed by atoms with Crippen LogP contribution in [0, 0.1) is 5.41 Å². The van der Waals surface area contributed by atoms with E-state index in [0.29, 0.717) is 19.6 Å². The first kappa shape index (κ1) is 11.2. The molecule has 0 aromatic rings. The van der Waals surface area contributed by atoms with Crippen molar-refractivity contribution in [2.24, 2.45) is 5.41 Å². The van der Waals surface area contributed by atoms with E-state index in [2.05, 4.69) is 5.32 Å². The van der Waals surface area contributed by atoms with E-state index in [9.17, 15) is 9.59 Å². The van der Waals surface area contributed by atoms with Crippen LogP contribution in [-0.4, -0.2) is 42.1 Å². The minimum Gasteiger partial charge on any atom is -0.444 e. The summed E-state index contributed by atoms with van der Waals surface area (Å²) in [6.07, 6.45) is 0.432. The lowest BCUT2D eigenvalue weighted by atomic mass is 9.80. The number of carbonyl (C=O) groups is 2. The van der Waals surface area contributed by atoms with Crippen molar-refractivity contribution in [2.45, 2.75) is 32.8 Å². The number of ether oxygens (including phenoxy) is 1. The molecule has 2 aliphatic heterocycles. The first-order valence-corrected chi connectivity index (χ1v) is 5.59. The smallest absolute Gasteiger partial charge is 0.410 e. The summed E-state index contributed by atoms with van der Waals surface area (Å²) in [5, 5.41) is 2.73. The lowest BCUT2D eigenvalue weighted by molar-refractivity contribution is -0.138. The molecule has 2 aliphatic rings. The molecule has 0 radical (unpaired) electrons. The highest BCUT2D eigenvalue weighted by atomic mass is 16.6. The molecular weight excluding hydrogens is 208 g/mol. The Balaban J connectivity index is 1.94. The van der Waals surface area contributed by atoms with Crippen LogP contribution in [0.4, 0.5) is 4.79 Å². The SMILES string of the molecule is CC(C)(C)OC(=O)N1CCC2(CNC2=O)C1. The zero-order valence-corrected chi connectivity index (χ0v) is 10.0. The Labute approximate surface area is 95.1 Å². The molecule has 2 saturated heterocycles. The summed E-state index contributed by atoms with van der Waals surface area (Å²) in [6.45, 7) is 7.31. The molecule has 5 nitrogen and oxygen atoms in total. The number of hydrogen-bond donors (Lipinski definition) is 1. The summed E-state index contributed by atoms with van der Waals surface area (Å²) in [5.41, 5.74) is -0.800. The molecule has 1 N–H and O–H groups in total. The van der Waals surface area contributed by atoms with E-state index in [0.717, 1.165) is 6.42 Å². The lowest BCUT2D eigenvalue weighted by Crippen LogP contribution is -2.60. The normalized spacial score (nSPS) is 28.9. The highest BCUT2D eigenvalue weighted by Gasteiger charge is 2.52. The Hall–Kier alpha value is -1.26. The van der Waals surface area contributed by atoms with E-state index >= 15 is 0 Å². The largest absolute Gasteiger partial charge is 0.444 e. The van der Waals surface area contributed by atoms with Gasteiger partial charge in [0.15, 0.2) is 0 Å². The second kappa shape index (κ2) is 3.37. The number of carbonyl (C=O) groups excluding carboxylic acids is 2. The number of amides is 2. The Morgan fingerprint density at radius 1 is 1.50 bits per heavy atom. The number of rotatable bonds is 0. The van der Waals surface area contributed by atoms with Gasteiger partial charge in [-0.25, -0.2) is 4.79 Å². The van der Waals surface area contributed by atoms with E-state index in [1.807, 2.05) is 20.8 Å². The molecule has 2 fully saturated rings. The summed E-state index contributed by atoms with van der Waals surface area (Å²) in [5.74, 6) is 0.0681. The maximum absolute atomic E-state index is 11.8. The van der Waals surface area contributed by atoms with Gasteiger partial charge in [-0.3, -0.25) is 4.79 Å². The van der Waals surface area contributed by atoms with Crippen molar-refractivity contribution in [2.75, 3.05) is 19.6 Å². The minimum absolute atomic E-state index is 0.0681. The zero-order chi connectivity index (χ0) is 12.0. The average molecular weight is 226 g/mol. The van der Waals surface area contributed by atoms with E-state index in [4.69, 9.17) is 4.74 Å². The van der Waals surface area contributed by atoms with Gasteiger partial charge in [-0.2, -0.15) is 0 Å². The first-order chi connectivity index (χ1) is 7.32. The van der Waals surface area contributed by atoms with Gasteiger partial charge in [0, 0.05) is 19.6 Å². The van der Waals surface area contributed by atoms with Crippen LogP contribution in [0.15, 0.2) is 0 Å². The fourth-order valence-electron chi connectivity index (χ4n) is 2.09. The fraction of sp³-hybridized carbons (Fsp3) is 0.818. The molecule has 0 aliphatic carbocycles. The van der Waals surface area contributed by atoms with Crippen LogP contribution in [0.5, 0.6) is 0 Å². The van der Waals surface area contributed by atoms with Crippen molar-refractivity contribution in [3.05, 3.63) is 0 Å².